The number of rotatable bonds is 3. The molecule has 0 aromatic carbocycles. The zero-order chi connectivity index (χ0) is 13.4. The molecule has 0 atom stereocenters. The molecule has 1 aliphatic rings. The number of carbonyl (C=O) groups excluding carboxylic acids is 1. The Bertz CT molecular complexity index is 642. The van der Waals surface area contributed by atoms with Gasteiger partial charge in [-0.3, -0.25) is 10.1 Å². The first-order valence-corrected chi connectivity index (χ1v) is 7.76. The molecular weight excluding hydrogens is 350 g/mol. The van der Waals surface area contributed by atoms with Gasteiger partial charge in [-0.25, -0.2) is 9.97 Å². The van der Waals surface area contributed by atoms with Crippen molar-refractivity contribution in [3.63, 3.8) is 0 Å². The van der Waals surface area contributed by atoms with Crippen LogP contribution in [-0.4, -0.2) is 15.9 Å². The van der Waals surface area contributed by atoms with Crippen molar-refractivity contribution in [1.29, 1.82) is 0 Å². The third-order valence-corrected chi connectivity index (χ3v) is 4.30. The Kier molecular flexibility index (Phi) is 3.56. The molecule has 1 fully saturated rings. The standard InChI is InChI=1S/C12H9BrClN3OS/c13-7-3-8(10(14)15-4-7)11(18)17-12-16-9(5-19-12)6-1-2-6/h3-6H,1-2H2,(H,16,17,18). The molecular formula is C12H9BrClN3OS. The number of anilines is 1. The summed E-state index contributed by atoms with van der Waals surface area (Å²) >= 11 is 10.6. The smallest absolute Gasteiger partial charge is 0.260 e. The first kappa shape index (κ1) is 13.0. The molecule has 1 amide bonds. The number of aromatic nitrogens is 2. The van der Waals surface area contributed by atoms with Gasteiger partial charge in [0, 0.05) is 22.0 Å². The highest BCUT2D eigenvalue weighted by atomic mass is 79.9. The van der Waals surface area contributed by atoms with Crippen molar-refractivity contribution in [3.05, 3.63) is 38.5 Å². The zero-order valence-corrected chi connectivity index (χ0v) is 12.8. The predicted molar refractivity (Wildman–Crippen MR) is 79.0 cm³/mol. The van der Waals surface area contributed by atoms with E-state index in [1.165, 1.54) is 24.2 Å². The van der Waals surface area contributed by atoms with Gasteiger partial charge in [-0.05, 0) is 34.8 Å². The first-order chi connectivity index (χ1) is 9.13. The van der Waals surface area contributed by atoms with Gasteiger partial charge < -0.3 is 0 Å². The number of carbonyl (C=O) groups is 1. The van der Waals surface area contributed by atoms with Crippen LogP contribution in [0.1, 0.15) is 34.8 Å². The molecule has 7 heteroatoms. The molecule has 98 valence electrons. The summed E-state index contributed by atoms with van der Waals surface area (Å²) in [6.45, 7) is 0. The molecule has 2 aromatic heterocycles. The lowest BCUT2D eigenvalue weighted by atomic mass is 10.3. The van der Waals surface area contributed by atoms with Gasteiger partial charge >= 0.3 is 0 Å². The second kappa shape index (κ2) is 5.19. The van der Waals surface area contributed by atoms with E-state index in [4.69, 9.17) is 11.6 Å². The van der Waals surface area contributed by atoms with Gasteiger partial charge in [0.1, 0.15) is 5.15 Å². The quantitative estimate of drug-likeness (QED) is 0.841. The average Bonchev–Trinajstić information content (AvgIpc) is 3.13. The van der Waals surface area contributed by atoms with Crippen LogP contribution in [0.15, 0.2) is 22.1 Å². The van der Waals surface area contributed by atoms with E-state index in [0.29, 0.717) is 21.1 Å². The predicted octanol–water partition coefficient (Wildman–Crippen LogP) is 4.08. The Balaban J connectivity index is 1.77. The summed E-state index contributed by atoms with van der Waals surface area (Å²) in [4.78, 5) is 20.4. The highest BCUT2D eigenvalue weighted by Gasteiger charge is 2.26. The van der Waals surface area contributed by atoms with E-state index in [1.807, 2.05) is 5.38 Å². The lowest BCUT2D eigenvalue weighted by Gasteiger charge is -2.03. The van der Waals surface area contributed by atoms with Gasteiger partial charge in [-0.15, -0.1) is 11.3 Å². The molecule has 0 unspecified atom stereocenters. The van der Waals surface area contributed by atoms with Gasteiger partial charge in [0.25, 0.3) is 5.91 Å². The SMILES string of the molecule is O=C(Nc1nc(C2CC2)cs1)c1cc(Br)cnc1Cl. The Labute approximate surface area is 127 Å². The van der Waals surface area contributed by atoms with Crippen LogP contribution in [-0.2, 0) is 0 Å². The molecule has 0 radical (unpaired) electrons. The first-order valence-electron chi connectivity index (χ1n) is 5.71. The Morgan fingerprint density at radius 2 is 2.32 bits per heavy atom. The molecule has 2 heterocycles. The fraction of sp³-hybridized carbons (Fsp3) is 0.250. The van der Waals surface area contributed by atoms with Crippen LogP contribution >= 0.6 is 38.9 Å². The van der Waals surface area contributed by atoms with E-state index < -0.39 is 0 Å². The molecule has 0 aliphatic heterocycles. The molecule has 19 heavy (non-hydrogen) atoms. The second-order valence-corrected chi connectivity index (χ2v) is 6.43. The largest absolute Gasteiger partial charge is 0.298 e. The number of nitrogens with zero attached hydrogens (tertiary/aromatic N) is 2. The molecule has 1 aliphatic carbocycles. The number of thiazole rings is 1. The van der Waals surface area contributed by atoms with Gasteiger partial charge in [0.2, 0.25) is 0 Å². The minimum atomic E-state index is -0.296. The average molecular weight is 359 g/mol. The molecule has 1 saturated carbocycles. The normalized spacial score (nSPS) is 14.4. The van der Waals surface area contributed by atoms with Crippen molar-refractivity contribution < 1.29 is 4.79 Å². The van der Waals surface area contributed by atoms with Crippen LogP contribution in [0.3, 0.4) is 0 Å². The van der Waals surface area contributed by atoms with Crippen LogP contribution in [0.4, 0.5) is 5.13 Å². The topological polar surface area (TPSA) is 54.9 Å². The van der Waals surface area contributed by atoms with Crippen LogP contribution in [0.2, 0.25) is 5.15 Å². The number of pyridine rings is 1. The van der Waals surface area contributed by atoms with Crippen LogP contribution in [0.5, 0.6) is 0 Å². The summed E-state index contributed by atoms with van der Waals surface area (Å²) in [7, 11) is 0. The molecule has 4 nitrogen and oxygen atoms in total. The highest BCUT2D eigenvalue weighted by Crippen LogP contribution is 2.40. The fourth-order valence-corrected chi connectivity index (χ4v) is 2.96. The summed E-state index contributed by atoms with van der Waals surface area (Å²) in [6.07, 6.45) is 3.94. The van der Waals surface area contributed by atoms with Gasteiger partial charge in [0.05, 0.1) is 11.3 Å². The van der Waals surface area contributed by atoms with Crippen molar-refractivity contribution in [2.75, 3.05) is 5.32 Å². The molecule has 0 bridgehead atoms. The fourth-order valence-electron chi connectivity index (χ4n) is 1.66. The number of nitrogens with one attached hydrogen (secondary N) is 1. The van der Waals surface area contributed by atoms with Crippen LogP contribution in [0, 0.1) is 0 Å². The molecule has 3 rings (SSSR count). The maximum atomic E-state index is 12.1. The summed E-state index contributed by atoms with van der Waals surface area (Å²) in [5.41, 5.74) is 1.40. The molecule has 0 spiro atoms. The van der Waals surface area contributed by atoms with Gasteiger partial charge in [-0.1, -0.05) is 11.6 Å². The molecule has 1 N–H and O–H groups in total. The minimum absolute atomic E-state index is 0.180. The summed E-state index contributed by atoms with van der Waals surface area (Å²) in [5.74, 6) is 0.286. The van der Waals surface area contributed by atoms with Crippen molar-refractivity contribution in [1.82, 2.24) is 9.97 Å². The maximum Gasteiger partial charge on any atom is 0.260 e. The van der Waals surface area contributed by atoms with E-state index >= 15 is 0 Å². The lowest BCUT2D eigenvalue weighted by molar-refractivity contribution is 0.102. The van der Waals surface area contributed by atoms with Crippen LogP contribution in [0.25, 0.3) is 0 Å². The summed E-state index contributed by atoms with van der Waals surface area (Å²) in [5, 5.41) is 5.53. The van der Waals surface area contributed by atoms with Crippen molar-refractivity contribution in [2.45, 2.75) is 18.8 Å². The third kappa shape index (κ3) is 2.96. The van der Waals surface area contributed by atoms with Crippen molar-refractivity contribution in [3.8, 4) is 0 Å². The molecule has 0 saturated heterocycles. The van der Waals surface area contributed by atoms with Gasteiger partial charge in [0.15, 0.2) is 5.13 Å². The van der Waals surface area contributed by atoms with Gasteiger partial charge in [-0.2, -0.15) is 0 Å². The Morgan fingerprint density at radius 1 is 1.53 bits per heavy atom. The maximum absolute atomic E-state index is 12.1. The monoisotopic (exact) mass is 357 g/mol. The van der Waals surface area contributed by atoms with Crippen molar-refractivity contribution >= 4 is 49.9 Å². The lowest BCUT2D eigenvalue weighted by Crippen LogP contribution is -2.13. The van der Waals surface area contributed by atoms with Crippen LogP contribution < -0.4 is 5.32 Å². The Hall–Kier alpha value is -0.980. The third-order valence-electron chi connectivity index (χ3n) is 2.79. The summed E-state index contributed by atoms with van der Waals surface area (Å²) < 4.78 is 0.708. The molecule has 2 aromatic rings. The zero-order valence-electron chi connectivity index (χ0n) is 9.69. The van der Waals surface area contributed by atoms with E-state index in [0.717, 1.165) is 5.69 Å². The van der Waals surface area contributed by atoms with E-state index in [2.05, 4.69) is 31.2 Å². The van der Waals surface area contributed by atoms with Crippen molar-refractivity contribution in [2.24, 2.45) is 0 Å². The number of hydrogen-bond acceptors (Lipinski definition) is 4. The van der Waals surface area contributed by atoms with E-state index in [1.54, 1.807) is 12.3 Å². The second-order valence-electron chi connectivity index (χ2n) is 4.30. The minimum Gasteiger partial charge on any atom is -0.298 e. The van der Waals surface area contributed by atoms with E-state index in [-0.39, 0.29) is 11.1 Å². The highest BCUT2D eigenvalue weighted by molar-refractivity contribution is 9.10. The Morgan fingerprint density at radius 3 is 3.05 bits per heavy atom. The number of amides is 1. The summed E-state index contributed by atoms with van der Waals surface area (Å²) in [6, 6.07) is 1.64. The van der Waals surface area contributed by atoms with E-state index in [9.17, 15) is 4.79 Å². The number of hydrogen-bond donors (Lipinski definition) is 1. The number of halogens is 2.